The van der Waals surface area contributed by atoms with Gasteiger partial charge in [-0.05, 0) is 36.2 Å². The molecule has 0 spiro atoms. The molecule has 9 rings (SSSR count). The molecule has 1 aliphatic rings. The Hall–Kier alpha value is -5.38. The molecule has 1 aliphatic heterocycles. The van der Waals surface area contributed by atoms with Crippen LogP contribution in [0, 0.1) is 18.8 Å². The van der Waals surface area contributed by atoms with Gasteiger partial charge in [0, 0.05) is 55.0 Å². The van der Waals surface area contributed by atoms with Crippen molar-refractivity contribution in [2.75, 3.05) is 16.8 Å². The second-order valence-electron chi connectivity index (χ2n) is 11.4. The van der Waals surface area contributed by atoms with Crippen LogP contribution in [0.15, 0.2) is 140 Å². The summed E-state index contributed by atoms with van der Waals surface area (Å²) in [5.74, 6) is 1.22. The summed E-state index contributed by atoms with van der Waals surface area (Å²) in [6, 6.07) is 54.9. The summed E-state index contributed by atoms with van der Waals surface area (Å²) in [5, 5.41) is 3.10. The van der Waals surface area contributed by atoms with Crippen LogP contribution in [-0.2, 0) is 21.1 Å². The minimum atomic E-state index is 0. The standard InChI is InChI=1S/C41H27N4O.Pt/c1-43-27-44(38-22-11-10-21-37(38)43)30-17-12-18-31(25-30)46-32-23-24-33-34-19-8-9-20-36(34)45-40(29-15-6-3-7-16-29)39(28-13-4-2-5-14-28)42-41(45)35(33)26-32;/h2-24,27H,1H3;/q-3;. The summed E-state index contributed by atoms with van der Waals surface area (Å²) in [7, 11) is 2.05. The zero-order chi connectivity index (χ0) is 30.6. The van der Waals surface area contributed by atoms with Crippen LogP contribution in [0.4, 0.5) is 17.1 Å². The van der Waals surface area contributed by atoms with Crippen molar-refractivity contribution in [3.63, 3.8) is 0 Å². The van der Waals surface area contributed by atoms with Gasteiger partial charge in [0.2, 0.25) is 0 Å². The van der Waals surface area contributed by atoms with Gasteiger partial charge in [0.05, 0.1) is 17.0 Å². The van der Waals surface area contributed by atoms with E-state index in [4.69, 9.17) is 9.72 Å². The van der Waals surface area contributed by atoms with Gasteiger partial charge < -0.3 is 18.9 Å². The van der Waals surface area contributed by atoms with Crippen molar-refractivity contribution in [1.82, 2.24) is 9.38 Å². The minimum absolute atomic E-state index is 0. The van der Waals surface area contributed by atoms with Crippen LogP contribution in [-0.4, -0.2) is 16.4 Å². The van der Waals surface area contributed by atoms with Gasteiger partial charge in [0.15, 0.2) is 0 Å². The van der Waals surface area contributed by atoms with Gasteiger partial charge in [-0.15, -0.1) is 36.0 Å². The largest absolute Gasteiger partial charge is 0.504 e. The number of fused-ring (bicyclic) bond motifs is 7. The molecule has 0 radical (unpaired) electrons. The van der Waals surface area contributed by atoms with Gasteiger partial charge in [-0.2, -0.15) is 12.7 Å². The summed E-state index contributed by atoms with van der Waals surface area (Å²) < 4.78 is 8.74. The molecule has 5 nitrogen and oxygen atoms in total. The fraction of sp³-hybridized carbons (Fsp3) is 0.0244. The van der Waals surface area contributed by atoms with Crippen LogP contribution in [0.3, 0.4) is 0 Å². The number of aromatic nitrogens is 2. The number of hydrogen-bond donors (Lipinski definition) is 0. The molecule has 6 aromatic carbocycles. The number of pyridine rings is 1. The maximum Gasteiger partial charge on any atom is 0.0852 e. The van der Waals surface area contributed by atoms with Gasteiger partial charge in [-0.25, -0.2) is 0 Å². The van der Waals surface area contributed by atoms with Gasteiger partial charge in [0.1, 0.15) is 0 Å². The van der Waals surface area contributed by atoms with Crippen molar-refractivity contribution in [2.45, 2.75) is 0 Å². The topological polar surface area (TPSA) is 33.0 Å². The Labute approximate surface area is 287 Å². The van der Waals surface area contributed by atoms with Crippen molar-refractivity contribution in [1.29, 1.82) is 0 Å². The Bertz CT molecular complexity index is 2410. The summed E-state index contributed by atoms with van der Waals surface area (Å²) in [5.41, 5.74) is 9.21. The van der Waals surface area contributed by atoms with Crippen LogP contribution in [0.1, 0.15) is 0 Å². The van der Waals surface area contributed by atoms with Crippen molar-refractivity contribution < 1.29 is 25.8 Å². The van der Waals surface area contributed by atoms with Crippen LogP contribution >= 0.6 is 0 Å². The molecule has 0 atom stereocenters. The molecule has 0 unspecified atom stereocenters. The van der Waals surface area contributed by atoms with Crippen molar-refractivity contribution >= 4 is 44.4 Å². The van der Waals surface area contributed by atoms with Gasteiger partial charge >= 0.3 is 0 Å². The molecule has 0 N–H and O–H groups in total. The molecule has 230 valence electrons. The summed E-state index contributed by atoms with van der Waals surface area (Å²) in [6.07, 6.45) is 0. The SMILES string of the molecule is CN1[CH-]N(c2[c-]c(Oc3[c-]c4c(cc3)c3ccccc3n3c(-c5ccccc5)c(-c5ccccc5)nc43)ccc2)c2ccccc21.[Pt]. The van der Waals surface area contributed by atoms with Crippen molar-refractivity contribution in [2.24, 2.45) is 0 Å². The number of rotatable bonds is 5. The minimum Gasteiger partial charge on any atom is -0.504 e. The van der Waals surface area contributed by atoms with Gasteiger partial charge in [-0.1, -0.05) is 108 Å². The molecule has 0 saturated heterocycles. The average molecular weight is 787 g/mol. The first kappa shape index (κ1) is 29.0. The van der Waals surface area contributed by atoms with Gasteiger partial charge in [0.25, 0.3) is 0 Å². The van der Waals surface area contributed by atoms with E-state index < -0.39 is 0 Å². The van der Waals surface area contributed by atoms with Crippen LogP contribution in [0.25, 0.3) is 49.8 Å². The van der Waals surface area contributed by atoms with Crippen LogP contribution in [0.5, 0.6) is 11.5 Å². The molecule has 6 heteroatoms. The molecule has 47 heavy (non-hydrogen) atoms. The Morgan fingerprint density at radius 3 is 2.11 bits per heavy atom. The zero-order valence-electron chi connectivity index (χ0n) is 25.4. The number of imidazole rings is 1. The van der Waals surface area contributed by atoms with E-state index in [9.17, 15) is 0 Å². The van der Waals surface area contributed by atoms with E-state index in [0.717, 1.165) is 66.9 Å². The number of benzene rings is 6. The Morgan fingerprint density at radius 2 is 1.30 bits per heavy atom. The van der Waals surface area contributed by atoms with E-state index in [-0.39, 0.29) is 21.1 Å². The number of para-hydroxylation sites is 3. The third-order valence-electron chi connectivity index (χ3n) is 8.59. The first-order valence-corrected chi connectivity index (χ1v) is 15.3. The predicted octanol–water partition coefficient (Wildman–Crippen LogP) is 10.1. The fourth-order valence-electron chi connectivity index (χ4n) is 6.52. The van der Waals surface area contributed by atoms with Crippen LogP contribution in [0.2, 0.25) is 0 Å². The molecule has 8 aromatic rings. The fourth-order valence-corrected chi connectivity index (χ4v) is 6.52. The molecular weight excluding hydrogens is 760 g/mol. The quantitative estimate of drug-likeness (QED) is 0.129. The number of ether oxygens (including phenoxy) is 1. The van der Waals surface area contributed by atoms with E-state index in [0.29, 0.717) is 11.5 Å². The van der Waals surface area contributed by atoms with Crippen LogP contribution < -0.4 is 14.5 Å². The zero-order valence-corrected chi connectivity index (χ0v) is 27.6. The van der Waals surface area contributed by atoms with E-state index in [1.54, 1.807) is 0 Å². The Kier molecular flexibility index (Phi) is 7.27. The number of nitrogens with zero attached hydrogens (tertiary/aromatic N) is 4. The Balaban J connectivity index is 0.00000324. The molecule has 3 heterocycles. The first-order chi connectivity index (χ1) is 22.7. The smallest absolute Gasteiger partial charge is 0.0852 e. The van der Waals surface area contributed by atoms with E-state index in [1.165, 1.54) is 0 Å². The molecular formula is C41H27N4OPt-3. The predicted molar refractivity (Wildman–Crippen MR) is 187 cm³/mol. The van der Waals surface area contributed by atoms with E-state index in [2.05, 4.69) is 143 Å². The number of anilines is 3. The summed E-state index contributed by atoms with van der Waals surface area (Å²) in [4.78, 5) is 9.57. The van der Waals surface area contributed by atoms with Crippen molar-refractivity contribution in [3.05, 3.63) is 158 Å². The second kappa shape index (κ2) is 11.8. The maximum atomic E-state index is 6.47. The maximum absolute atomic E-state index is 6.47. The molecule has 0 aliphatic carbocycles. The molecule has 0 saturated carbocycles. The number of hydrogen-bond acceptors (Lipinski definition) is 4. The van der Waals surface area contributed by atoms with E-state index >= 15 is 0 Å². The third-order valence-corrected chi connectivity index (χ3v) is 8.59. The summed E-state index contributed by atoms with van der Waals surface area (Å²) >= 11 is 0. The monoisotopic (exact) mass is 786 g/mol. The average Bonchev–Trinajstić information content (AvgIpc) is 3.68. The first-order valence-electron chi connectivity index (χ1n) is 15.3. The normalized spacial score (nSPS) is 12.4. The summed E-state index contributed by atoms with van der Waals surface area (Å²) in [6.45, 7) is 2.07. The molecule has 0 bridgehead atoms. The van der Waals surface area contributed by atoms with E-state index in [1.807, 2.05) is 36.4 Å². The second-order valence-corrected chi connectivity index (χ2v) is 11.4. The molecule has 0 fully saturated rings. The molecule has 0 amide bonds. The van der Waals surface area contributed by atoms with Crippen molar-refractivity contribution in [3.8, 4) is 34.0 Å². The third kappa shape index (κ3) is 4.86. The Morgan fingerprint density at radius 1 is 0.617 bits per heavy atom. The van der Waals surface area contributed by atoms with Gasteiger partial charge in [-0.3, -0.25) is 4.98 Å². The molecule has 2 aromatic heterocycles.